The number of allylic oxidation sites excluding steroid dienone is 3. The highest BCUT2D eigenvalue weighted by atomic mass is 16.7. The molecule has 3 heteroatoms. The second kappa shape index (κ2) is 7.98. The van der Waals surface area contributed by atoms with Crippen LogP contribution in [-0.2, 0) is 5.41 Å². The Morgan fingerprint density at radius 3 is 2.45 bits per heavy atom. The first-order valence-electron chi connectivity index (χ1n) is 10.6. The van der Waals surface area contributed by atoms with Crippen LogP contribution in [0.15, 0.2) is 60.8 Å². The first-order valence-corrected chi connectivity index (χ1v) is 10.6. The van der Waals surface area contributed by atoms with Crippen molar-refractivity contribution in [1.29, 1.82) is 0 Å². The summed E-state index contributed by atoms with van der Waals surface area (Å²) in [4.78, 5) is 2.34. The molecule has 1 fully saturated rings. The SMILES string of the molecule is C/C=C\C(=C/N(C)CC1(c2ccc3c(c2)OCO3)CC1)c1ccc(C(C)C)cc1. The summed E-state index contributed by atoms with van der Waals surface area (Å²) in [6.45, 7) is 7.87. The smallest absolute Gasteiger partial charge is 0.231 e. The van der Waals surface area contributed by atoms with Gasteiger partial charge in [-0.15, -0.1) is 0 Å². The van der Waals surface area contributed by atoms with Crippen molar-refractivity contribution in [2.24, 2.45) is 0 Å². The third-order valence-electron chi connectivity index (χ3n) is 6.01. The monoisotopic (exact) mass is 389 g/mol. The van der Waals surface area contributed by atoms with E-state index in [2.05, 4.69) is 93.5 Å². The van der Waals surface area contributed by atoms with Crippen molar-refractivity contribution in [1.82, 2.24) is 4.90 Å². The van der Waals surface area contributed by atoms with Gasteiger partial charge in [0.15, 0.2) is 11.5 Å². The Morgan fingerprint density at radius 2 is 1.79 bits per heavy atom. The Morgan fingerprint density at radius 1 is 1.07 bits per heavy atom. The van der Waals surface area contributed by atoms with Crippen molar-refractivity contribution < 1.29 is 9.47 Å². The normalized spacial score (nSPS) is 17.2. The minimum Gasteiger partial charge on any atom is -0.454 e. The van der Waals surface area contributed by atoms with Gasteiger partial charge in [0, 0.05) is 25.2 Å². The number of likely N-dealkylation sites (N-methyl/N-ethyl adjacent to an activating group) is 1. The third-order valence-corrected chi connectivity index (χ3v) is 6.01. The zero-order chi connectivity index (χ0) is 20.4. The molecule has 0 radical (unpaired) electrons. The summed E-state index contributed by atoms with van der Waals surface area (Å²) in [6.07, 6.45) is 9.01. The fraction of sp³-hybridized carbons (Fsp3) is 0.385. The van der Waals surface area contributed by atoms with E-state index in [1.165, 1.54) is 35.1 Å². The van der Waals surface area contributed by atoms with Crippen molar-refractivity contribution in [3.8, 4) is 11.5 Å². The molecule has 0 amide bonds. The molecule has 29 heavy (non-hydrogen) atoms. The average Bonchev–Trinajstić information content (AvgIpc) is 3.33. The highest BCUT2D eigenvalue weighted by Crippen LogP contribution is 2.50. The maximum absolute atomic E-state index is 5.59. The highest BCUT2D eigenvalue weighted by Gasteiger charge is 2.45. The van der Waals surface area contributed by atoms with Gasteiger partial charge in [0.1, 0.15) is 0 Å². The van der Waals surface area contributed by atoms with Crippen molar-refractivity contribution in [3.63, 3.8) is 0 Å². The maximum atomic E-state index is 5.59. The molecule has 0 atom stereocenters. The summed E-state index contributed by atoms with van der Waals surface area (Å²) in [7, 11) is 2.18. The predicted octanol–water partition coefficient (Wildman–Crippen LogP) is 6.12. The number of hydrogen-bond acceptors (Lipinski definition) is 3. The van der Waals surface area contributed by atoms with Gasteiger partial charge in [0.2, 0.25) is 6.79 Å². The molecular formula is C26H31NO2. The van der Waals surface area contributed by atoms with Crippen LogP contribution in [0.25, 0.3) is 5.57 Å². The van der Waals surface area contributed by atoms with Crippen molar-refractivity contribution in [2.45, 2.75) is 44.9 Å². The Labute approximate surface area is 174 Å². The molecule has 4 rings (SSSR count). The molecule has 0 N–H and O–H groups in total. The van der Waals surface area contributed by atoms with Crippen LogP contribution in [0.4, 0.5) is 0 Å². The third kappa shape index (κ3) is 4.19. The molecule has 2 aromatic carbocycles. The van der Waals surface area contributed by atoms with Crippen molar-refractivity contribution in [3.05, 3.63) is 77.5 Å². The van der Waals surface area contributed by atoms with Crippen molar-refractivity contribution >= 4 is 5.57 Å². The van der Waals surface area contributed by atoms with Gasteiger partial charge in [-0.25, -0.2) is 0 Å². The van der Waals surface area contributed by atoms with E-state index in [0.717, 1.165) is 18.0 Å². The second-order valence-electron chi connectivity index (χ2n) is 8.62. The van der Waals surface area contributed by atoms with Gasteiger partial charge in [-0.1, -0.05) is 56.3 Å². The van der Waals surface area contributed by atoms with Crippen LogP contribution in [0.5, 0.6) is 11.5 Å². The highest BCUT2D eigenvalue weighted by molar-refractivity contribution is 5.73. The summed E-state index contributed by atoms with van der Waals surface area (Å²) < 4.78 is 11.1. The topological polar surface area (TPSA) is 21.7 Å². The first-order chi connectivity index (χ1) is 14.0. The van der Waals surface area contributed by atoms with E-state index in [0.29, 0.717) is 12.7 Å². The average molecular weight is 390 g/mol. The number of rotatable bonds is 7. The summed E-state index contributed by atoms with van der Waals surface area (Å²) >= 11 is 0. The number of benzene rings is 2. The minimum absolute atomic E-state index is 0.217. The van der Waals surface area contributed by atoms with E-state index in [4.69, 9.17) is 9.47 Å². The van der Waals surface area contributed by atoms with Crippen LogP contribution in [0.3, 0.4) is 0 Å². The van der Waals surface area contributed by atoms with E-state index >= 15 is 0 Å². The lowest BCUT2D eigenvalue weighted by Gasteiger charge is -2.24. The molecule has 0 spiro atoms. The number of nitrogens with zero attached hydrogens (tertiary/aromatic N) is 1. The fourth-order valence-corrected chi connectivity index (χ4v) is 4.13. The molecule has 1 aliphatic carbocycles. The summed E-state index contributed by atoms with van der Waals surface area (Å²) in [5, 5.41) is 0. The van der Waals surface area contributed by atoms with Crippen molar-refractivity contribution in [2.75, 3.05) is 20.4 Å². The first kappa shape index (κ1) is 19.6. The molecule has 0 bridgehead atoms. The Kier molecular flexibility index (Phi) is 5.40. The Bertz CT molecular complexity index is 920. The summed E-state index contributed by atoms with van der Waals surface area (Å²) in [5.41, 5.74) is 5.45. The number of hydrogen-bond donors (Lipinski definition) is 0. The van der Waals surface area contributed by atoms with Crippen LogP contribution in [0.1, 0.15) is 56.2 Å². The molecule has 0 aromatic heterocycles. The van der Waals surface area contributed by atoms with Gasteiger partial charge in [-0.2, -0.15) is 0 Å². The zero-order valence-electron chi connectivity index (χ0n) is 17.9. The number of fused-ring (bicyclic) bond motifs is 1. The van der Waals surface area contributed by atoms with Gasteiger partial charge < -0.3 is 14.4 Å². The second-order valence-corrected chi connectivity index (χ2v) is 8.62. The molecule has 3 nitrogen and oxygen atoms in total. The molecule has 1 heterocycles. The van der Waals surface area contributed by atoms with E-state index < -0.39 is 0 Å². The molecule has 2 aliphatic rings. The molecule has 0 saturated heterocycles. The van der Waals surface area contributed by atoms with E-state index in [1.807, 2.05) is 0 Å². The fourth-order valence-electron chi connectivity index (χ4n) is 4.13. The van der Waals surface area contributed by atoms with E-state index in [-0.39, 0.29) is 5.41 Å². The number of ether oxygens (including phenoxy) is 2. The van der Waals surface area contributed by atoms with Gasteiger partial charge >= 0.3 is 0 Å². The zero-order valence-corrected chi connectivity index (χ0v) is 17.9. The van der Waals surface area contributed by atoms with Crippen LogP contribution in [0, 0.1) is 0 Å². The van der Waals surface area contributed by atoms with Gasteiger partial charge in [0.25, 0.3) is 0 Å². The summed E-state index contributed by atoms with van der Waals surface area (Å²) in [6, 6.07) is 15.4. The van der Waals surface area contributed by atoms with Crippen LogP contribution < -0.4 is 9.47 Å². The van der Waals surface area contributed by atoms with Gasteiger partial charge in [-0.3, -0.25) is 0 Å². The quantitative estimate of drug-likeness (QED) is 0.533. The maximum Gasteiger partial charge on any atom is 0.231 e. The van der Waals surface area contributed by atoms with Crippen LogP contribution in [0.2, 0.25) is 0 Å². The lowest BCUT2D eigenvalue weighted by molar-refractivity contribution is 0.174. The molecule has 152 valence electrons. The van der Waals surface area contributed by atoms with E-state index in [9.17, 15) is 0 Å². The predicted molar refractivity (Wildman–Crippen MR) is 119 cm³/mol. The molecule has 2 aromatic rings. The largest absolute Gasteiger partial charge is 0.454 e. The van der Waals surface area contributed by atoms with Crippen LogP contribution >= 0.6 is 0 Å². The molecule has 1 saturated carbocycles. The lowest BCUT2D eigenvalue weighted by Crippen LogP contribution is -2.25. The van der Waals surface area contributed by atoms with Crippen LogP contribution in [-0.4, -0.2) is 25.3 Å². The minimum atomic E-state index is 0.217. The molecule has 0 unspecified atom stereocenters. The van der Waals surface area contributed by atoms with Gasteiger partial charge in [-0.05, 0) is 60.1 Å². The Balaban J connectivity index is 1.53. The van der Waals surface area contributed by atoms with E-state index in [1.54, 1.807) is 0 Å². The molecular weight excluding hydrogens is 358 g/mol. The Hall–Kier alpha value is -2.68. The standard InChI is InChI=1S/C26H31NO2/c1-5-6-22(21-9-7-20(8-10-21)19(2)3)16-27(4)17-26(13-14-26)23-11-12-24-25(15-23)29-18-28-24/h5-12,15-16,19H,13-14,17-18H2,1-4H3/b6-5-,22-16+. The molecule has 1 aliphatic heterocycles. The summed E-state index contributed by atoms with van der Waals surface area (Å²) in [5.74, 6) is 2.29. The van der Waals surface area contributed by atoms with Gasteiger partial charge in [0.05, 0.1) is 0 Å². The lowest BCUT2D eigenvalue weighted by atomic mass is 9.94.